The first-order chi connectivity index (χ1) is 11.1. The van der Waals surface area contributed by atoms with E-state index in [0.29, 0.717) is 24.5 Å². The van der Waals surface area contributed by atoms with E-state index in [2.05, 4.69) is 20.4 Å². The van der Waals surface area contributed by atoms with Gasteiger partial charge in [-0.25, -0.2) is 4.68 Å². The van der Waals surface area contributed by atoms with E-state index in [1.165, 1.54) is 0 Å². The van der Waals surface area contributed by atoms with Gasteiger partial charge in [-0.1, -0.05) is 17.3 Å². The molecule has 0 amide bonds. The Kier molecular flexibility index (Phi) is 4.71. The first kappa shape index (κ1) is 15.7. The predicted molar refractivity (Wildman–Crippen MR) is 79.6 cm³/mol. The van der Waals surface area contributed by atoms with Gasteiger partial charge in [0.25, 0.3) is 0 Å². The minimum Gasteiger partial charge on any atom is -0.435 e. The Morgan fingerprint density at radius 3 is 3.09 bits per heavy atom. The van der Waals surface area contributed by atoms with Crippen LogP contribution in [-0.2, 0) is 11.3 Å². The van der Waals surface area contributed by atoms with Crippen molar-refractivity contribution < 1.29 is 18.3 Å². The number of aromatic nitrogens is 3. The number of alkyl halides is 2. The van der Waals surface area contributed by atoms with Crippen molar-refractivity contribution in [3.05, 3.63) is 35.5 Å². The number of anilines is 1. The molecule has 2 heterocycles. The summed E-state index contributed by atoms with van der Waals surface area (Å²) in [6.07, 6.45) is 2.75. The van der Waals surface area contributed by atoms with Gasteiger partial charge in [-0.3, -0.25) is 0 Å². The maximum atomic E-state index is 12.4. The highest BCUT2D eigenvalue weighted by molar-refractivity contribution is 5.39. The Bertz CT molecular complexity index is 657. The second kappa shape index (κ2) is 6.91. The predicted octanol–water partition coefficient (Wildman–Crippen LogP) is 2.76. The molecule has 0 bridgehead atoms. The molecule has 8 heteroatoms. The van der Waals surface area contributed by atoms with Gasteiger partial charge < -0.3 is 14.8 Å². The molecule has 1 fully saturated rings. The van der Waals surface area contributed by atoms with E-state index in [9.17, 15) is 8.78 Å². The molecule has 23 heavy (non-hydrogen) atoms. The summed E-state index contributed by atoms with van der Waals surface area (Å²) in [5.41, 5.74) is 1.49. The highest BCUT2D eigenvalue weighted by atomic mass is 19.3. The fourth-order valence-electron chi connectivity index (χ4n) is 2.44. The van der Waals surface area contributed by atoms with Crippen molar-refractivity contribution in [2.45, 2.75) is 32.5 Å². The quantitative estimate of drug-likeness (QED) is 0.885. The third kappa shape index (κ3) is 3.95. The molecule has 0 radical (unpaired) electrons. The van der Waals surface area contributed by atoms with E-state index >= 15 is 0 Å². The number of benzene rings is 1. The highest BCUT2D eigenvalue weighted by Crippen LogP contribution is 2.22. The molecule has 0 saturated carbocycles. The normalized spacial score (nSPS) is 17.7. The molecule has 2 aromatic rings. The zero-order valence-corrected chi connectivity index (χ0v) is 12.7. The van der Waals surface area contributed by atoms with Gasteiger partial charge >= 0.3 is 6.61 Å². The second-order valence-corrected chi connectivity index (χ2v) is 5.43. The van der Waals surface area contributed by atoms with Crippen LogP contribution in [0.1, 0.15) is 23.6 Å². The fraction of sp³-hybridized carbons (Fsp3) is 0.467. The van der Waals surface area contributed by atoms with Crippen LogP contribution >= 0.6 is 0 Å². The molecule has 1 aliphatic heterocycles. The lowest BCUT2D eigenvalue weighted by Gasteiger charge is -2.10. The maximum absolute atomic E-state index is 12.4. The van der Waals surface area contributed by atoms with Gasteiger partial charge in [0.15, 0.2) is 5.82 Å². The summed E-state index contributed by atoms with van der Waals surface area (Å²) >= 11 is 0. The summed E-state index contributed by atoms with van der Waals surface area (Å²) in [5.74, 6) is 0.819. The summed E-state index contributed by atoms with van der Waals surface area (Å²) in [6, 6.07) is 5.43. The Morgan fingerprint density at radius 1 is 1.48 bits per heavy atom. The van der Waals surface area contributed by atoms with Crippen molar-refractivity contribution in [1.82, 2.24) is 15.0 Å². The van der Waals surface area contributed by atoms with Crippen LogP contribution in [0.2, 0.25) is 0 Å². The molecule has 3 rings (SSSR count). The lowest BCUT2D eigenvalue weighted by Crippen LogP contribution is -2.09. The molecular weight excluding hydrogens is 306 g/mol. The van der Waals surface area contributed by atoms with Crippen LogP contribution < -0.4 is 10.1 Å². The summed E-state index contributed by atoms with van der Waals surface area (Å²) in [4.78, 5) is 0. The average molecular weight is 324 g/mol. The Hall–Kier alpha value is -2.22. The van der Waals surface area contributed by atoms with Crippen molar-refractivity contribution in [2.24, 2.45) is 0 Å². The Morgan fingerprint density at radius 2 is 2.35 bits per heavy atom. The van der Waals surface area contributed by atoms with Gasteiger partial charge in [-0.2, -0.15) is 8.78 Å². The molecule has 1 atom stereocenters. The number of nitrogens with one attached hydrogen (secondary N) is 1. The molecular formula is C15H18F2N4O2. The zero-order valence-electron chi connectivity index (χ0n) is 12.7. The van der Waals surface area contributed by atoms with Crippen LogP contribution in [0.5, 0.6) is 5.75 Å². The lowest BCUT2D eigenvalue weighted by molar-refractivity contribution is -0.0503. The van der Waals surface area contributed by atoms with Gasteiger partial charge in [-0.15, -0.1) is 5.10 Å². The number of ether oxygens (including phenoxy) is 2. The van der Waals surface area contributed by atoms with Gasteiger partial charge in [0.2, 0.25) is 0 Å². The second-order valence-electron chi connectivity index (χ2n) is 5.43. The smallest absolute Gasteiger partial charge is 0.387 e. The topological polar surface area (TPSA) is 61.2 Å². The molecule has 1 aliphatic rings. The van der Waals surface area contributed by atoms with Gasteiger partial charge in [0.05, 0.1) is 18.8 Å². The third-order valence-electron chi connectivity index (χ3n) is 3.73. The van der Waals surface area contributed by atoms with Crippen LogP contribution in [0.4, 0.5) is 14.6 Å². The van der Waals surface area contributed by atoms with Crippen molar-refractivity contribution in [1.29, 1.82) is 0 Å². The van der Waals surface area contributed by atoms with Gasteiger partial charge in [-0.05, 0) is 30.5 Å². The lowest BCUT2D eigenvalue weighted by atomic mass is 10.1. The average Bonchev–Trinajstić information content (AvgIpc) is 3.18. The monoisotopic (exact) mass is 324 g/mol. The highest BCUT2D eigenvalue weighted by Gasteiger charge is 2.18. The SMILES string of the molecule is Cc1ccc(CNc2cn(C3CCOC3)nn2)cc1OC(F)F. The number of rotatable bonds is 6. The van der Waals surface area contributed by atoms with Crippen molar-refractivity contribution in [2.75, 3.05) is 18.5 Å². The molecule has 6 nitrogen and oxygen atoms in total. The molecule has 0 spiro atoms. The maximum Gasteiger partial charge on any atom is 0.387 e. The number of aryl methyl sites for hydroxylation is 1. The summed E-state index contributed by atoms with van der Waals surface area (Å²) in [5, 5.41) is 11.3. The first-order valence-corrected chi connectivity index (χ1v) is 7.39. The molecule has 1 aromatic carbocycles. The molecule has 0 aliphatic carbocycles. The standard InChI is InChI=1S/C15H18F2N4O2/c1-10-2-3-11(6-13(10)23-15(16)17)7-18-14-8-21(20-19-14)12-4-5-22-9-12/h2-3,6,8,12,15,18H,4-5,7,9H2,1H3. The van der Waals surface area contributed by atoms with Crippen molar-refractivity contribution >= 4 is 5.82 Å². The van der Waals surface area contributed by atoms with E-state index in [0.717, 1.165) is 18.6 Å². The number of nitrogens with zero attached hydrogens (tertiary/aromatic N) is 3. The summed E-state index contributed by atoms with van der Waals surface area (Å²) in [6.45, 7) is 0.730. The van der Waals surface area contributed by atoms with Crippen LogP contribution in [0.3, 0.4) is 0 Å². The molecule has 1 unspecified atom stereocenters. The summed E-state index contributed by atoms with van der Waals surface area (Å²) in [7, 11) is 0. The Balaban J connectivity index is 1.61. The number of halogens is 2. The van der Waals surface area contributed by atoms with Crippen LogP contribution in [0.25, 0.3) is 0 Å². The van der Waals surface area contributed by atoms with E-state index in [1.807, 2.05) is 12.3 Å². The fourth-order valence-corrected chi connectivity index (χ4v) is 2.44. The summed E-state index contributed by atoms with van der Waals surface area (Å²) < 4.78 is 36.3. The first-order valence-electron chi connectivity index (χ1n) is 7.39. The minimum absolute atomic E-state index is 0.186. The molecule has 1 aromatic heterocycles. The van der Waals surface area contributed by atoms with Crippen LogP contribution in [0.15, 0.2) is 24.4 Å². The van der Waals surface area contributed by atoms with E-state index in [1.54, 1.807) is 23.7 Å². The molecule has 124 valence electrons. The van der Waals surface area contributed by atoms with Gasteiger partial charge in [0.1, 0.15) is 5.75 Å². The van der Waals surface area contributed by atoms with Crippen molar-refractivity contribution in [3.8, 4) is 5.75 Å². The van der Waals surface area contributed by atoms with Crippen LogP contribution in [0, 0.1) is 6.92 Å². The third-order valence-corrected chi connectivity index (χ3v) is 3.73. The Labute approximate surface area is 132 Å². The van der Waals surface area contributed by atoms with E-state index in [-0.39, 0.29) is 11.8 Å². The zero-order chi connectivity index (χ0) is 16.2. The van der Waals surface area contributed by atoms with E-state index < -0.39 is 6.61 Å². The van der Waals surface area contributed by atoms with Gasteiger partial charge in [0, 0.05) is 13.2 Å². The minimum atomic E-state index is -2.83. The molecule has 1 N–H and O–H groups in total. The number of hydrogen-bond donors (Lipinski definition) is 1. The number of hydrogen-bond acceptors (Lipinski definition) is 5. The molecule has 1 saturated heterocycles. The van der Waals surface area contributed by atoms with Crippen LogP contribution in [-0.4, -0.2) is 34.8 Å². The van der Waals surface area contributed by atoms with E-state index in [4.69, 9.17) is 4.74 Å². The largest absolute Gasteiger partial charge is 0.435 e. The van der Waals surface area contributed by atoms with Crippen molar-refractivity contribution in [3.63, 3.8) is 0 Å².